The van der Waals surface area contributed by atoms with E-state index in [1.54, 1.807) is 11.9 Å². The first kappa shape index (κ1) is 22.3. The van der Waals surface area contributed by atoms with Crippen molar-refractivity contribution in [1.82, 2.24) is 4.90 Å². The third-order valence-electron chi connectivity index (χ3n) is 6.64. The van der Waals surface area contributed by atoms with E-state index in [4.69, 9.17) is 4.74 Å². The van der Waals surface area contributed by atoms with Gasteiger partial charge in [0, 0.05) is 50.0 Å². The summed E-state index contributed by atoms with van der Waals surface area (Å²) in [7, 11) is 1.78. The number of nitrogens with zero attached hydrogens (tertiary/aromatic N) is 2. The molecule has 0 bridgehead atoms. The summed E-state index contributed by atoms with van der Waals surface area (Å²) in [6, 6.07) is 22.0. The highest BCUT2D eigenvalue weighted by Crippen LogP contribution is 2.30. The summed E-state index contributed by atoms with van der Waals surface area (Å²) in [5.74, 6) is -0.0622. The quantitative estimate of drug-likeness (QED) is 0.622. The molecule has 0 saturated carbocycles. The molecule has 1 saturated heterocycles. The summed E-state index contributed by atoms with van der Waals surface area (Å²) in [6.07, 6.45) is 1.26. The third-order valence-corrected chi connectivity index (χ3v) is 6.64. The van der Waals surface area contributed by atoms with E-state index in [9.17, 15) is 9.59 Å². The molecule has 2 amide bonds. The summed E-state index contributed by atoms with van der Waals surface area (Å²) in [5, 5.41) is 3.02. The van der Waals surface area contributed by atoms with Crippen molar-refractivity contribution in [3.63, 3.8) is 0 Å². The first-order valence-corrected chi connectivity index (χ1v) is 11.8. The normalized spacial score (nSPS) is 16.3. The number of nitrogens with one attached hydrogen (secondary N) is 1. The van der Waals surface area contributed by atoms with Crippen LogP contribution in [0.4, 0.5) is 11.4 Å². The van der Waals surface area contributed by atoms with E-state index in [1.807, 2.05) is 54.6 Å². The van der Waals surface area contributed by atoms with Crippen LogP contribution in [0.25, 0.3) is 11.1 Å². The second-order valence-electron chi connectivity index (χ2n) is 8.88. The molecule has 6 nitrogen and oxygen atoms in total. The fourth-order valence-corrected chi connectivity index (χ4v) is 4.68. The van der Waals surface area contributed by atoms with Gasteiger partial charge in [-0.25, -0.2) is 0 Å². The smallest absolute Gasteiger partial charge is 0.255 e. The zero-order chi connectivity index (χ0) is 23.5. The number of rotatable bonds is 5. The lowest BCUT2D eigenvalue weighted by atomic mass is 9.96. The number of amides is 2. The molecular formula is C28H29N3O3. The van der Waals surface area contributed by atoms with Crippen molar-refractivity contribution in [2.24, 2.45) is 0 Å². The van der Waals surface area contributed by atoms with Crippen molar-refractivity contribution < 1.29 is 14.3 Å². The van der Waals surface area contributed by atoms with Crippen LogP contribution in [0.15, 0.2) is 66.7 Å². The Morgan fingerprint density at radius 2 is 1.76 bits per heavy atom. The minimum atomic E-state index is -0.160. The molecule has 2 aliphatic rings. The Bertz CT molecular complexity index is 1200. The maximum absolute atomic E-state index is 13.2. The van der Waals surface area contributed by atoms with Gasteiger partial charge in [-0.3, -0.25) is 14.5 Å². The molecule has 0 aromatic heterocycles. The molecule has 174 valence electrons. The van der Waals surface area contributed by atoms with Gasteiger partial charge in [0.25, 0.3) is 5.91 Å². The van der Waals surface area contributed by atoms with E-state index in [0.29, 0.717) is 17.7 Å². The number of anilines is 2. The Morgan fingerprint density at radius 3 is 2.56 bits per heavy atom. The molecule has 6 heteroatoms. The van der Waals surface area contributed by atoms with Gasteiger partial charge in [-0.1, -0.05) is 42.5 Å². The number of hydrogen-bond donors (Lipinski definition) is 1. The number of benzene rings is 3. The lowest BCUT2D eigenvalue weighted by molar-refractivity contribution is -0.118. The van der Waals surface area contributed by atoms with Gasteiger partial charge in [0.15, 0.2) is 0 Å². The number of aryl methyl sites for hydroxylation is 1. The van der Waals surface area contributed by atoms with Gasteiger partial charge >= 0.3 is 0 Å². The number of morpholine rings is 1. The van der Waals surface area contributed by atoms with Crippen LogP contribution in [-0.2, 0) is 22.5 Å². The summed E-state index contributed by atoms with van der Waals surface area (Å²) >= 11 is 0. The summed E-state index contributed by atoms with van der Waals surface area (Å²) in [5.41, 5.74) is 6.69. The predicted octanol–water partition coefficient (Wildman–Crippen LogP) is 4.35. The van der Waals surface area contributed by atoms with Gasteiger partial charge in [0.2, 0.25) is 5.91 Å². The van der Waals surface area contributed by atoms with Gasteiger partial charge in [0.05, 0.1) is 13.2 Å². The van der Waals surface area contributed by atoms with Crippen LogP contribution in [0.5, 0.6) is 0 Å². The second-order valence-corrected chi connectivity index (χ2v) is 8.88. The lowest BCUT2D eigenvalue weighted by Crippen LogP contribution is -2.35. The summed E-state index contributed by atoms with van der Waals surface area (Å²) < 4.78 is 5.50. The monoisotopic (exact) mass is 455 g/mol. The van der Waals surface area contributed by atoms with Gasteiger partial charge in [-0.15, -0.1) is 0 Å². The minimum absolute atomic E-state index is 0.0974. The number of hydrogen-bond acceptors (Lipinski definition) is 4. The van der Waals surface area contributed by atoms with Crippen molar-refractivity contribution in [1.29, 1.82) is 0 Å². The molecule has 0 atom stereocenters. The Kier molecular flexibility index (Phi) is 6.43. The van der Waals surface area contributed by atoms with Gasteiger partial charge in [-0.05, 0) is 52.9 Å². The number of carbonyl (C=O) groups is 2. The Morgan fingerprint density at radius 1 is 0.971 bits per heavy atom. The highest BCUT2D eigenvalue weighted by atomic mass is 16.5. The van der Waals surface area contributed by atoms with Crippen LogP contribution in [-0.4, -0.2) is 50.1 Å². The maximum atomic E-state index is 13.2. The molecule has 3 aromatic carbocycles. The van der Waals surface area contributed by atoms with Gasteiger partial charge in [0.1, 0.15) is 0 Å². The van der Waals surface area contributed by atoms with E-state index in [0.717, 1.165) is 67.2 Å². The first-order valence-electron chi connectivity index (χ1n) is 11.8. The highest BCUT2D eigenvalue weighted by Gasteiger charge is 2.22. The molecular weight excluding hydrogens is 426 g/mol. The summed E-state index contributed by atoms with van der Waals surface area (Å²) in [6.45, 7) is 3.99. The van der Waals surface area contributed by atoms with Crippen LogP contribution >= 0.6 is 0 Å². The number of fused-ring (bicyclic) bond motifs is 1. The average Bonchev–Trinajstić information content (AvgIpc) is 2.87. The van der Waals surface area contributed by atoms with Crippen LogP contribution in [0, 0.1) is 0 Å². The maximum Gasteiger partial charge on any atom is 0.255 e. The molecule has 5 rings (SSSR count). The highest BCUT2D eigenvalue weighted by molar-refractivity contribution is 6.05. The van der Waals surface area contributed by atoms with Crippen molar-refractivity contribution in [3.8, 4) is 11.1 Å². The zero-order valence-corrected chi connectivity index (χ0v) is 19.4. The molecule has 0 spiro atoms. The van der Waals surface area contributed by atoms with Crippen LogP contribution in [0.3, 0.4) is 0 Å². The van der Waals surface area contributed by atoms with E-state index < -0.39 is 0 Å². The predicted molar refractivity (Wildman–Crippen MR) is 134 cm³/mol. The summed E-state index contributed by atoms with van der Waals surface area (Å²) in [4.78, 5) is 29.3. The largest absolute Gasteiger partial charge is 0.379 e. The van der Waals surface area contributed by atoms with Crippen LogP contribution in [0.2, 0.25) is 0 Å². The Labute approximate surface area is 200 Å². The SMILES string of the molecule is CN1C(=O)CCc2ccc(NC(=O)c3ccc(-c4ccccc4)c(CN4CCOCC4)c3)cc21. The number of carbonyl (C=O) groups excluding carboxylic acids is 2. The van der Waals surface area contributed by atoms with E-state index in [-0.39, 0.29) is 11.8 Å². The van der Waals surface area contributed by atoms with Crippen molar-refractivity contribution in [3.05, 3.63) is 83.4 Å². The van der Waals surface area contributed by atoms with Crippen molar-refractivity contribution in [2.45, 2.75) is 19.4 Å². The first-order chi connectivity index (χ1) is 16.6. The topological polar surface area (TPSA) is 61.9 Å². The number of ether oxygens (including phenoxy) is 1. The molecule has 1 fully saturated rings. The van der Waals surface area contributed by atoms with Gasteiger partial charge < -0.3 is 15.0 Å². The van der Waals surface area contributed by atoms with Crippen LogP contribution in [0.1, 0.15) is 27.9 Å². The Hall–Kier alpha value is -3.48. The third kappa shape index (κ3) is 4.74. The van der Waals surface area contributed by atoms with Gasteiger partial charge in [-0.2, -0.15) is 0 Å². The fraction of sp³-hybridized carbons (Fsp3) is 0.286. The molecule has 3 aromatic rings. The standard InChI is InChI=1S/C28H29N3O3/c1-30-26-18-24(10-7-21(26)9-12-27(30)32)29-28(33)22-8-11-25(20-5-3-2-4-6-20)23(17-22)19-31-13-15-34-16-14-31/h2-8,10-11,17-18H,9,12-16,19H2,1H3,(H,29,33). The Balaban J connectivity index is 1.41. The van der Waals surface area contributed by atoms with Crippen molar-refractivity contribution in [2.75, 3.05) is 43.6 Å². The molecule has 0 aliphatic carbocycles. The van der Waals surface area contributed by atoms with E-state index in [1.165, 1.54) is 0 Å². The average molecular weight is 456 g/mol. The minimum Gasteiger partial charge on any atom is -0.379 e. The molecule has 34 heavy (non-hydrogen) atoms. The fourth-order valence-electron chi connectivity index (χ4n) is 4.68. The van der Waals surface area contributed by atoms with Crippen molar-refractivity contribution >= 4 is 23.2 Å². The van der Waals surface area contributed by atoms with E-state index in [2.05, 4.69) is 22.3 Å². The molecule has 1 N–H and O–H groups in total. The molecule has 2 heterocycles. The zero-order valence-electron chi connectivity index (χ0n) is 19.4. The molecule has 2 aliphatic heterocycles. The molecule has 0 unspecified atom stereocenters. The lowest BCUT2D eigenvalue weighted by Gasteiger charge is -2.27. The second kappa shape index (κ2) is 9.79. The van der Waals surface area contributed by atoms with E-state index >= 15 is 0 Å². The molecule has 0 radical (unpaired) electrons. The van der Waals surface area contributed by atoms with Crippen LogP contribution < -0.4 is 10.2 Å².